The van der Waals surface area contributed by atoms with Crippen LogP contribution in [0.4, 0.5) is 0 Å². The zero-order valence-corrected chi connectivity index (χ0v) is 33.3. The van der Waals surface area contributed by atoms with Crippen molar-refractivity contribution in [3.05, 3.63) is 212 Å². The summed E-state index contributed by atoms with van der Waals surface area (Å²) in [5.74, 6) is 0. The Morgan fingerprint density at radius 1 is 0.339 bits per heavy atom. The second kappa shape index (κ2) is 13.4. The van der Waals surface area contributed by atoms with Gasteiger partial charge >= 0.3 is 0 Å². The fourth-order valence-electron chi connectivity index (χ4n) is 9.50. The van der Waals surface area contributed by atoms with E-state index in [0.29, 0.717) is 0 Å². The number of aryl methyl sites for hydroxylation is 1. The highest BCUT2D eigenvalue weighted by atomic mass is 32.1. The molecule has 2 heteroatoms. The maximum absolute atomic E-state index is 2.40. The van der Waals surface area contributed by atoms with E-state index in [1.165, 1.54) is 119 Å². The Balaban J connectivity index is 0.000000297. The van der Waals surface area contributed by atoms with E-state index in [9.17, 15) is 0 Å². The molecule has 0 unspecified atom stereocenters. The molecule has 13 rings (SSSR count). The van der Waals surface area contributed by atoms with Crippen molar-refractivity contribution in [2.75, 3.05) is 0 Å². The van der Waals surface area contributed by atoms with E-state index in [1.807, 2.05) is 11.3 Å². The van der Waals surface area contributed by atoms with Crippen LogP contribution in [0.1, 0.15) is 5.56 Å². The molecule has 0 N–H and O–H groups in total. The van der Waals surface area contributed by atoms with Crippen molar-refractivity contribution in [3.8, 4) is 50.2 Å². The minimum atomic E-state index is 1.18. The second-order valence-corrected chi connectivity index (χ2v) is 16.8. The predicted molar refractivity (Wildman–Crippen MR) is 255 cm³/mol. The van der Waals surface area contributed by atoms with Crippen LogP contribution in [0.2, 0.25) is 0 Å². The molecule has 0 saturated carbocycles. The van der Waals surface area contributed by atoms with Gasteiger partial charge in [0.15, 0.2) is 0 Å². The maximum Gasteiger partial charge on any atom is 0.0547 e. The molecule has 0 fully saturated rings. The molecule has 0 amide bonds. The Morgan fingerprint density at radius 3 is 1.66 bits per heavy atom. The van der Waals surface area contributed by atoms with E-state index in [0.717, 1.165) is 0 Å². The molecule has 1 nitrogen and oxygen atoms in total. The van der Waals surface area contributed by atoms with Crippen molar-refractivity contribution < 1.29 is 0 Å². The van der Waals surface area contributed by atoms with Crippen LogP contribution < -0.4 is 0 Å². The van der Waals surface area contributed by atoms with Crippen LogP contribution in [-0.4, -0.2) is 4.57 Å². The SMILES string of the molecule is Cc1cccc2ccccc12.c1ccc(-n2c3ccccc3c3ccc(-c4ccc5sc6ccc(-c7ccc8c(c7)-c7cccc9cccc-8c79)cc6c5c4)cc32)cc1. The van der Waals surface area contributed by atoms with Crippen molar-refractivity contribution in [2.45, 2.75) is 6.92 Å². The van der Waals surface area contributed by atoms with Gasteiger partial charge in [0.25, 0.3) is 0 Å². The number of benzene rings is 10. The van der Waals surface area contributed by atoms with Crippen LogP contribution in [0.15, 0.2) is 206 Å². The lowest BCUT2D eigenvalue weighted by atomic mass is 9.96. The van der Waals surface area contributed by atoms with Crippen molar-refractivity contribution in [3.63, 3.8) is 0 Å². The third kappa shape index (κ3) is 5.45. The Kier molecular flexibility index (Phi) is 7.69. The monoisotopic (exact) mass is 767 g/mol. The molecule has 0 aliphatic heterocycles. The van der Waals surface area contributed by atoms with Gasteiger partial charge in [-0.2, -0.15) is 0 Å². The molecular weight excluding hydrogens is 731 g/mol. The zero-order valence-electron chi connectivity index (χ0n) is 32.5. The summed E-state index contributed by atoms with van der Waals surface area (Å²) < 4.78 is 5.04. The molecule has 1 aliphatic rings. The molecule has 12 aromatic rings. The average molecular weight is 768 g/mol. The molecule has 0 radical (unpaired) electrons. The first-order chi connectivity index (χ1) is 29.2. The number of fused-ring (bicyclic) bond motifs is 10. The lowest BCUT2D eigenvalue weighted by molar-refractivity contribution is 1.18. The first-order valence-corrected chi connectivity index (χ1v) is 21.1. The minimum Gasteiger partial charge on any atom is -0.309 e. The fraction of sp³-hybridized carbons (Fsp3) is 0.0175. The van der Waals surface area contributed by atoms with Gasteiger partial charge in [0.2, 0.25) is 0 Å². The van der Waals surface area contributed by atoms with Crippen LogP contribution >= 0.6 is 11.3 Å². The molecule has 10 aromatic carbocycles. The quantitative estimate of drug-likeness (QED) is 0.169. The average Bonchev–Trinajstić information content (AvgIpc) is 3.95. The summed E-state index contributed by atoms with van der Waals surface area (Å²) in [6.45, 7) is 2.14. The summed E-state index contributed by atoms with van der Waals surface area (Å²) in [6, 6.07) is 75.5. The number of aromatic nitrogens is 1. The van der Waals surface area contributed by atoms with Gasteiger partial charge in [-0.05, 0) is 133 Å². The minimum absolute atomic E-state index is 1.18. The Bertz CT molecular complexity index is 3610. The number of hydrogen-bond acceptors (Lipinski definition) is 1. The van der Waals surface area contributed by atoms with Gasteiger partial charge in [0, 0.05) is 36.6 Å². The van der Waals surface area contributed by atoms with E-state index >= 15 is 0 Å². The van der Waals surface area contributed by atoms with Crippen molar-refractivity contribution in [1.29, 1.82) is 0 Å². The first kappa shape index (κ1) is 33.8. The molecular formula is C57H37NS. The largest absolute Gasteiger partial charge is 0.309 e. The summed E-state index contributed by atoms with van der Waals surface area (Å²) in [6.07, 6.45) is 0. The standard InChI is InChI=1S/C46H27NS.C11H10/c1-2-10-33(11-3-1)47-42-15-5-4-12-35(42)36-21-17-32(27-43(36)47)31-19-23-45-41(26-31)40-25-30(18-22-44(40)48-45)29-16-20-34-37-13-6-8-28-9-7-14-38(46(28)37)39(34)24-29;1-9-5-4-7-10-6-2-3-8-11(9)10/h1-27H;2-8H,1H3. The van der Waals surface area contributed by atoms with E-state index in [1.54, 1.807) is 0 Å². The summed E-state index contributed by atoms with van der Waals surface area (Å²) in [7, 11) is 0. The molecule has 1 aliphatic carbocycles. The van der Waals surface area contributed by atoms with Crippen molar-refractivity contribution >= 4 is 74.9 Å². The lowest BCUT2D eigenvalue weighted by Gasteiger charge is -2.09. The lowest BCUT2D eigenvalue weighted by Crippen LogP contribution is -1.93. The highest BCUT2D eigenvalue weighted by Gasteiger charge is 2.22. The van der Waals surface area contributed by atoms with E-state index < -0.39 is 0 Å². The van der Waals surface area contributed by atoms with Crippen molar-refractivity contribution in [1.82, 2.24) is 4.57 Å². The third-order valence-electron chi connectivity index (χ3n) is 12.3. The Hall–Kier alpha value is -7.26. The van der Waals surface area contributed by atoms with Gasteiger partial charge in [-0.3, -0.25) is 0 Å². The number of rotatable bonds is 3. The number of thiophene rings is 1. The molecule has 0 saturated heterocycles. The van der Waals surface area contributed by atoms with Crippen LogP contribution in [0.5, 0.6) is 0 Å². The number of nitrogens with zero attached hydrogens (tertiary/aromatic N) is 1. The fourth-order valence-corrected chi connectivity index (χ4v) is 10.6. The molecule has 0 spiro atoms. The van der Waals surface area contributed by atoms with Crippen LogP contribution in [0.3, 0.4) is 0 Å². The summed E-state index contributed by atoms with van der Waals surface area (Å²) in [5, 5.41) is 10.6. The van der Waals surface area contributed by atoms with Crippen LogP contribution in [0.25, 0.3) is 114 Å². The molecule has 2 heterocycles. The van der Waals surface area contributed by atoms with Crippen molar-refractivity contribution in [2.24, 2.45) is 0 Å². The Morgan fingerprint density at radius 2 is 0.898 bits per heavy atom. The highest BCUT2D eigenvalue weighted by molar-refractivity contribution is 7.25. The smallest absolute Gasteiger partial charge is 0.0547 e. The molecule has 0 atom stereocenters. The number of para-hydroxylation sites is 2. The van der Waals surface area contributed by atoms with Gasteiger partial charge in [0.05, 0.1) is 11.0 Å². The molecule has 0 bridgehead atoms. The molecule has 59 heavy (non-hydrogen) atoms. The zero-order chi connectivity index (χ0) is 39.0. The normalized spacial score (nSPS) is 11.8. The first-order valence-electron chi connectivity index (χ1n) is 20.3. The Labute approximate surface area is 346 Å². The summed E-state index contributed by atoms with van der Waals surface area (Å²) in [4.78, 5) is 0. The highest BCUT2D eigenvalue weighted by Crippen LogP contribution is 2.49. The maximum atomic E-state index is 2.40. The molecule has 276 valence electrons. The van der Waals surface area contributed by atoms with Gasteiger partial charge in [-0.15, -0.1) is 11.3 Å². The second-order valence-electron chi connectivity index (χ2n) is 15.7. The van der Waals surface area contributed by atoms with Gasteiger partial charge in [-0.1, -0.05) is 152 Å². The van der Waals surface area contributed by atoms with Gasteiger partial charge in [-0.25, -0.2) is 0 Å². The van der Waals surface area contributed by atoms with E-state index in [2.05, 4.69) is 218 Å². The van der Waals surface area contributed by atoms with Crippen LogP contribution in [-0.2, 0) is 0 Å². The summed E-state index contributed by atoms with van der Waals surface area (Å²) >= 11 is 1.88. The van der Waals surface area contributed by atoms with E-state index in [4.69, 9.17) is 0 Å². The topological polar surface area (TPSA) is 4.93 Å². The van der Waals surface area contributed by atoms with Gasteiger partial charge in [0.1, 0.15) is 0 Å². The third-order valence-corrected chi connectivity index (χ3v) is 13.5. The summed E-state index contributed by atoms with van der Waals surface area (Å²) in [5.41, 5.74) is 15.3. The molecule has 2 aromatic heterocycles. The van der Waals surface area contributed by atoms with E-state index in [-0.39, 0.29) is 0 Å². The van der Waals surface area contributed by atoms with Gasteiger partial charge < -0.3 is 4.57 Å². The predicted octanol–water partition coefficient (Wildman–Crippen LogP) is 16.4. The van der Waals surface area contributed by atoms with Crippen LogP contribution in [0, 0.1) is 6.92 Å². The number of hydrogen-bond donors (Lipinski definition) is 0.